The van der Waals surface area contributed by atoms with Crippen LogP contribution in [0.4, 0.5) is 0 Å². The number of carbonyl (C=O) groups is 2. The number of pyridine rings is 1. The van der Waals surface area contributed by atoms with Gasteiger partial charge in [-0.2, -0.15) is 0 Å². The summed E-state index contributed by atoms with van der Waals surface area (Å²) in [5.41, 5.74) is 3.02. The summed E-state index contributed by atoms with van der Waals surface area (Å²) in [6, 6.07) is 4.41. The van der Waals surface area contributed by atoms with E-state index in [1.807, 2.05) is 37.9 Å². The normalized spacial score (nSPS) is 21.5. The van der Waals surface area contributed by atoms with Gasteiger partial charge in [0, 0.05) is 31.7 Å². The van der Waals surface area contributed by atoms with Crippen LogP contribution in [0.25, 0.3) is 0 Å². The number of aromatic nitrogens is 1. The molecule has 1 aromatic heterocycles. The monoisotopic (exact) mass is 329 g/mol. The minimum Gasteiger partial charge on any atom is -0.340 e. The van der Waals surface area contributed by atoms with Crippen LogP contribution in [-0.2, 0) is 16.1 Å². The summed E-state index contributed by atoms with van der Waals surface area (Å²) in [5, 5.41) is 0. The number of rotatable bonds is 4. The number of carbonyl (C=O) groups excluding carboxylic acids is 2. The molecule has 1 aromatic rings. The van der Waals surface area contributed by atoms with Crippen molar-refractivity contribution in [2.24, 2.45) is 5.92 Å². The Balaban J connectivity index is 1.62. The summed E-state index contributed by atoms with van der Waals surface area (Å²) in [6.45, 7) is 5.09. The molecule has 1 aliphatic carbocycles. The lowest BCUT2D eigenvalue weighted by Crippen LogP contribution is -2.37. The van der Waals surface area contributed by atoms with Gasteiger partial charge in [0.05, 0.1) is 18.2 Å². The molecule has 0 spiro atoms. The van der Waals surface area contributed by atoms with Crippen molar-refractivity contribution in [1.82, 2.24) is 14.8 Å². The standard InChI is InChI=1S/C19H27N3O2/c1-13-8-14(2)20-16(9-13)12-21(3)19(24)15-10-18(23)22(11-15)17-6-4-5-7-17/h8-9,15,17H,4-7,10-12H2,1-3H3. The molecule has 1 saturated heterocycles. The smallest absolute Gasteiger partial charge is 0.228 e. The first-order chi connectivity index (χ1) is 11.4. The SMILES string of the molecule is Cc1cc(C)nc(CN(C)C(=O)C2CC(=O)N(C3CCCC3)C2)c1. The molecule has 0 bridgehead atoms. The highest BCUT2D eigenvalue weighted by Gasteiger charge is 2.39. The molecule has 0 radical (unpaired) electrons. The van der Waals surface area contributed by atoms with E-state index in [-0.39, 0.29) is 17.7 Å². The van der Waals surface area contributed by atoms with Gasteiger partial charge in [0.2, 0.25) is 11.8 Å². The second-order valence-electron chi connectivity index (χ2n) is 7.36. The summed E-state index contributed by atoms with van der Waals surface area (Å²) in [7, 11) is 1.81. The largest absolute Gasteiger partial charge is 0.340 e. The lowest BCUT2D eigenvalue weighted by Gasteiger charge is -2.25. The zero-order valence-corrected chi connectivity index (χ0v) is 14.9. The molecule has 5 heteroatoms. The fraction of sp³-hybridized carbons (Fsp3) is 0.632. The quantitative estimate of drug-likeness (QED) is 0.852. The predicted octanol–water partition coefficient (Wildman–Crippen LogP) is 2.45. The molecular formula is C19H27N3O2. The highest BCUT2D eigenvalue weighted by molar-refractivity contribution is 5.89. The van der Waals surface area contributed by atoms with E-state index in [0.29, 0.717) is 25.6 Å². The Morgan fingerprint density at radius 3 is 2.67 bits per heavy atom. The van der Waals surface area contributed by atoms with Crippen molar-refractivity contribution in [2.45, 2.75) is 58.5 Å². The van der Waals surface area contributed by atoms with Crippen LogP contribution < -0.4 is 0 Å². The van der Waals surface area contributed by atoms with Gasteiger partial charge in [-0.15, -0.1) is 0 Å². The number of hydrogen-bond donors (Lipinski definition) is 0. The molecule has 1 unspecified atom stereocenters. The Bertz CT molecular complexity index is 617. The topological polar surface area (TPSA) is 53.5 Å². The molecule has 2 aliphatic rings. The number of nitrogens with zero attached hydrogens (tertiary/aromatic N) is 3. The molecule has 0 N–H and O–H groups in total. The lowest BCUT2D eigenvalue weighted by atomic mass is 10.1. The van der Waals surface area contributed by atoms with Crippen molar-refractivity contribution >= 4 is 11.8 Å². The minimum atomic E-state index is -0.200. The van der Waals surface area contributed by atoms with Gasteiger partial charge in [0.15, 0.2) is 0 Å². The summed E-state index contributed by atoms with van der Waals surface area (Å²) in [6.07, 6.45) is 4.95. The summed E-state index contributed by atoms with van der Waals surface area (Å²) < 4.78 is 0. The Kier molecular flexibility index (Phi) is 4.88. The van der Waals surface area contributed by atoms with Crippen LogP contribution in [0.3, 0.4) is 0 Å². The molecule has 5 nitrogen and oxygen atoms in total. The molecule has 2 amide bonds. The molecule has 130 valence electrons. The Morgan fingerprint density at radius 1 is 1.29 bits per heavy atom. The van der Waals surface area contributed by atoms with Crippen LogP contribution >= 0.6 is 0 Å². The van der Waals surface area contributed by atoms with Crippen molar-refractivity contribution in [3.63, 3.8) is 0 Å². The van der Waals surface area contributed by atoms with Crippen LogP contribution in [0.5, 0.6) is 0 Å². The number of hydrogen-bond acceptors (Lipinski definition) is 3. The van der Waals surface area contributed by atoms with Crippen molar-refractivity contribution < 1.29 is 9.59 Å². The van der Waals surface area contributed by atoms with E-state index in [1.54, 1.807) is 4.90 Å². The third-order valence-corrected chi connectivity index (χ3v) is 5.20. The van der Waals surface area contributed by atoms with Gasteiger partial charge < -0.3 is 9.80 Å². The highest BCUT2D eigenvalue weighted by Crippen LogP contribution is 2.30. The van der Waals surface area contributed by atoms with Crippen molar-refractivity contribution in [3.05, 3.63) is 29.1 Å². The Hall–Kier alpha value is -1.91. The zero-order chi connectivity index (χ0) is 17.3. The average Bonchev–Trinajstić information content (AvgIpc) is 3.14. The van der Waals surface area contributed by atoms with Gasteiger partial charge in [-0.3, -0.25) is 14.6 Å². The maximum absolute atomic E-state index is 12.7. The lowest BCUT2D eigenvalue weighted by molar-refractivity contribution is -0.135. The van der Waals surface area contributed by atoms with E-state index in [2.05, 4.69) is 4.98 Å². The van der Waals surface area contributed by atoms with Crippen LogP contribution in [0.1, 0.15) is 49.1 Å². The van der Waals surface area contributed by atoms with Crippen LogP contribution in [-0.4, -0.2) is 46.2 Å². The van der Waals surface area contributed by atoms with Gasteiger partial charge in [0.25, 0.3) is 0 Å². The van der Waals surface area contributed by atoms with E-state index in [1.165, 1.54) is 12.8 Å². The van der Waals surface area contributed by atoms with Gasteiger partial charge in [-0.05, 0) is 44.4 Å². The number of amides is 2. The van der Waals surface area contributed by atoms with Crippen LogP contribution in [0.15, 0.2) is 12.1 Å². The van der Waals surface area contributed by atoms with Crippen molar-refractivity contribution in [2.75, 3.05) is 13.6 Å². The summed E-state index contributed by atoms with van der Waals surface area (Å²) in [4.78, 5) is 33.2. The molecule has 3 rings (SSSR count). The average molecular weight is 329 g/mol. The third kappa shape index (κ3) is 3.60. The van der Waals surface area contributed by atoms with Gasteiger partial charge in [-0.25, -0.2) is 0 Å². The fourth-order valence-electron chi connectivity index (χ4n) is 4.10. The van der Waals surface area contributed by atoms with Crippen LogP contribution in [0.2, 0.25) is 0 Å². The van der Waals surface area contributed by atoms with Crippen molar-refractivity contribution in [3.8, 4) is 0 Å². The maximum Gasteiger partial charge on any atom is 0.228 e. The summed E-state index contributed by atoms with van der Waals surface area (Å²) in [5.74, 6) is 0.0111. The van der Waals surface area contributed by atoms with E-state index in [4.69, 9.17) is 0 Å². The third-order valence-electron chi connectivity index (χ3n) is 5.20. The van der Waals surface area contributed by atoms with Gasteiger partial charge in [-0.1, -0.05) is 12.8 Å². The van der Waals surface area contributed by atoms with E-state index < -0.39 is 0 Å². The summed E-state index contributed by atoms with van der Waals surface area (Å²) >= 11 is 0. The zero-order valence-electron chi connectivity index (χ0n) is 14.9. The van der Waals surface area contributed by atoms with E-state index in [9.17, 15) is 9.59 Å². The first kappa shape index (κ1) is 16.9. The Labute approximate surface area is 144 Å². The first-order valence-corrected chi connectivity index (χ1v) is 8.92. The Morgan fingerprint density at radius 2 is 2.00 bits per heavy atom. The molecule has 1 atom stereocenters. The molecule has 24 heavy (non-hydrogen) atoms. The second-order valence-corrected chi connectivity index (χ2v) is 7.36. The molecule has 0 aromatic carbocycles. The molecule has 1 saturated carbocycles. The predicted molar refractivity (Wildman–Crippen MR) is 92.3 cm³/mol. The number of likely N-dealkylation sites (tertiary alicyclic amines) is 1. The highest BCUT2D eigenvalue weighted by atomic mass is 16.2. The molecule has 1 aliphatic heterocycles. The fourth-order valence-corrected chi connectivity index (χ4v) is 4.10. The molecule has 2 fully saturated rings. The minimum absolute atomic E-state index is 0.0600. The number of aryl methyl sites for hydroxylation is 2. The van der Waals surface area contributed by atoms with E-state index >= 15 is 0 Å². The van der Waals surface area contributed by atoms with Gasteiger partial charge in [0.1, 0.15) is 0 Å². The van der Waals surface area contributed by atoms with E-state index in [0.717, 1.165) is 29.8 Å². The molecular weight excluding hydrogens is 302 g/mol. The molecule has 2 heterocycles. The van der Waals surface area contributed by atoms with Gasteiger partial charge >= 0.3 is 0 Å². The van der Waals surface area contributed by atoms with Crippen LogP contribution in [0, 0.1) is 19.8 Å². The maximum atomic E-state index is 12.7. The van der Waals surface area contributed by atoms with Crippen molar-refractivity contribution in [1.29, 1.82) is 0 Å². The first-order valence-electron chi connectivity index (χ1n) is 8.92. The second kappa shape index (κ2) is 6.91.